The standard InChI is InChI=1S/C22H25NO8S/c1-28-14-4-6-16(7-5-14)32(26,27)23-13-3-8-19-17(9-13)18-10-15(11-21(25)29-2)30-20(12-24)22(18)31-19/h3-9,15,18,20,22-24H,10-12H2,1-2H3/t15-,18-,20-,22+/m0/s1. The molecule has 0 aliphatic carbocycles. The zero-order chi connectivity index (χ0) is 22.9. The molecule has 1 saturated heterocycles. The number of benzene rings is 2. The molecule has 2 aromatic carbocycles. The van der Waals surface area contributed by atoms with E-state index < -0.39 is 34.3 Å². The maximum absolute atomic E-state index is 12.8. The van der Waals surface area contributed by atoms with Crippen LogP contribution in [0.2, 0.25) is 0 Å². The number of nitrogens with one attached hydrogen (secondary N) is 1. The number of fused-ring (bicyclic) bond motifs is 3. The minimum absolute atomic E-state index is 0.0648. The molecule has 2 heterocycles. The van der Waals surface area contributed by atoms with Gasteiger partial charge >= 0.3 is 5.97 Å². The lowest BCUT2D eigenvalue weighted by atomic mass is 9.84. The van der Waals surface area contributed by atoms with E-state index in [9.17, 15) is 18.3 Å². The lowest BCUT2D eigenvalue weighted by molar-refractivity contribution is -0.156. The first-order valence-electron chi connectivity index (χ1n) is 10.1. The van der Waals surface area contributed by atoms with Crippen molar-refractivity contribution in [3.05, 3.63) is 48.0 Å². The molecule has 2 aliphatic rings. The minimum Gasteiger partial charge on any atom is -0.497 e. The number of carbonyl (C=O) groups excluding carboxylic acids is 1. The number of anilines is 1. The predicted molar refractivity (Wildman–Crippen MR) is 114 cm³/mol. The van der Waals surface area contributed by atoms with E-state index in [-0.39, 0.29) is 23.8 Å². The molecule has 32 heavy (non-hydrogen) atoms. The van der Waals surface area contributed by atoms with Crippen molar-refractivity contribution in [3.63, 3.8) is 0 Å². The van der Waals surface area contributed by atoms with E-state index in [4.69, 9.17) is 18.9 Å². The number of hydrogen-bond donors (Lipinski definition) is 2. The summed E-state index contributed by atoms with van der Waals surface area (Å²) in [6, 6.07) is 11.1. The average Bonchev–Trinajstić information content (AvgIpc) is 3.16. The van der Waals surface area contributed by atoms with Gasteiger partial charge < -0.3 is 24.1 Å². The zero-order valence-electron chi connectivity index (χ0n) is 17.7. The SMILES string of the molecule is COC(=O)C[C@@H]1C[C@H]2c3cc(NS(=O)(=O)c4ccc(OC)cc4)ccc3O[C@H]2[C@H](CO)O1. The molecule has 4 atom stereocenters. The van der Waals surface area contributed by atoms with Gasteiger partial charge in [-0.25, -0.2) is 8.42 Å². The fourth-order valence-corrected chi connectivity index (χ4v) is 5.24. The minimum atomic E-state index is -3.80. The highest BCUT2D eigenvalue weighted by Crippen LogP contribution is 2.47. The average molecular weight is 464 g/mol. The molecule has 0 aromatic heterocycles. The number of methoxy groups -OCH3 is 2. The van der Waals surface area contributed by atoms with Gasteiger partial charge in [0.15, 0.2) is 0 Å². The van der Waals surface area contributed by atoms with Gasteiger partial charge in [-0.15, -0.1) is 0 Å². The molecule has 1 fully saturated rings. The van der Waals surface area contributed by atoms with Gasteiger partial charge in [-0.1, -0.05) is 0 Å². The van der Waals surface area contributed by atoms with Crippen LogP contribution < -0.4 is 14.2 Å². The number of aliphatic hydroxyl groups is 1. The lowest BCUT2D eigenvalue weighted by Gasteiger charge is -2.36. The molecule has 9 nitrogen and oxygen atoms in total. The Morgan fingerprint density at radius 1 is 1.19 bits per heavy atom. The molecule has 2 aliphatic heterocycles. The van der Waals surface area contributed by atoms with Crippen LogP contribution in [0.4, 0.5) is 5.69 Å². The monoisotopic (exact) mass is 463 g/mol. The van der Waals surface area contributed by atoms with Gasteiger partial charge in [0.05, 0.1) is 38.2 Å². The maximum atomic E-state index is 12.8. The third-order valence-electron chi connectivity index (χ3n) is 5.74. The highest BCUT2D eigenvalue weighted by atomic mass is 32.2. The number of carbonyl (C=O) groups is 1. The largest absolute Gasteiger partial charge is 0.497 e. The molecule has 0 saturated carbocycles. The van der Waals surface area contributed by atoms with Crippen LogP contribution in [-0.2, 0) is 24.3 Å². The molecular weight excluding hydrogens is 438 g/mol. The van der Waals surface area contributed by atoms with Crippen LogP contribution in [0.5, 0.6) is 11.5 Å². The molecule has 2 N–H and O–H groups in total. The summed E-state index contributed by atoms with van der Waals surface area (Å²) in [6.45, 7) is -0.260. The fourth-order valence-electron chi connectivity index (χ4n) is 4.19. The van der Waals surface area contributed by atoms with Crippen LogP contribution in [0.15, 0.2) is 47.4 Å². The third kappa shape index (κ3) is 4.38. The first-order valence-corrected chi connectivity index (χ1v) is 11.6. The normalized spacial score (nSPS) is 24.1. The van der Waals surface area contributed by atoms with Gasteiger partial charge in [0, 0.05) is 17.2 Å². The zero-order valence-corrected chi connectivity index (χ0v) is 18.5. The van der Waals surface area contributed by atoms with Crippen molar-refractivity contribution < 1.29 is 37.3 Å². The Morgan fingerprint density at radius 3 is 2.59 bits per heavy atom. The number of aliphatic hydroxyl groups excluding tert-OH is 1. The van der Waals surface area contributed by atoms with Crippen molar-refractivity contribution >= 4 is 21.7 Å². The summed E-state index contributed by atoms with van der Waals surface area (Å²) in [5.41, 5.74) is 1.20. The molecule has 0 spiro atoms. The van der Waals surface area contributed by atoms with Crippen molar-refractivity contribution in [1.82, 2.24) is 0 Å². The van der Waals surface area contributed by atoms with Gasteiger partial charge in [0.25, 0.3) is 10.0 Å². The van der Waals surface area contributed by atoms with Crippen LogP contribution in [0.1, 0.15) is 24.3 Å². The number of ether oxygens (including phenoxy) is 4. The van der Waals surface area contributed by atoms with Crippen molar-refractivity contribution in [2.45, 2.75) is 42.0 Å². The summed E-state index contributed by atoms with van der Waals surface area (Å²) in [5, 5.41) is 9.78. The van der Waals surface area contributed by atoms with Crippen LogP contribution >= 0.6 is 0 Å². The highest BCUT2D eigenvalue weighted by molar-refractivity contribution is 7.92. The van der Waals surface area contributed by atoms with Crippen LogP contribution in [0.25, 0.3) is 0 Å². The van der Waals surface area contributed by atoms with E-state index in [1.54, 1.807) is 30.3 Å². The van der Waals surface area contributed by atoms with Crippen LogP contribution in [0.3, 0.4) is 0 Å². The number of rotatable bonds is 7. The number of hydrogen-bond acceptors (Lipinski definition) is 8. The predicted octanol–water partition coefficient (Wildman–Crippen LogP) is 2.05. The Bertz CT molecular complexity index is 1090. The second-order valence-corrected chi connectivity index (χ2v) is 9.40. The molecule has 0 unspecified atom stereocenters. The van der Waals surface area contributed by atoms with Gasteiger partial charge in [-0.2, -0.15) is 0 Å². The van der Waals surface area contributed by atoms with E-state index in [1.807, 2.05) is 0 Å². The van der Waals surface area contributed by atoms with E-state index >= 15 is 0 Å². The van der Waals surface area contributed by atoms with Crippen LogP contribution in [0, 0.1) is 0 Å². The summed E-state index contributed by atoms with van der Waals surface area (Å²) >= 11 is 0. The summed E-state index contributed by atoms with van der Waals surface area (Å²) < 4.78 is 49.8. The molecule has 2 aromatic rings. The fraction of sp³-hybridized carbons (Fsp3) is 0.409. The Kier molecular flexibility index (Phi) is 6.27. The van der Waals surface area contributed by atoms with Gasteiger partial charge in [0.1, 0.15) is 23.7 Å². The summed E-state index contributed by atoms with van der Waals surface area (Å²) in [6.07, 6.45) is -0.907. The van der Waals surface area contributed by atoms with Crippen LogP contribution in [-0.4, -0.2) is 58.6 Å². The first-order chi connectivity index (χ1) is 15.3. The molecule has 172 valence electrons. The van der Waals surface area contributed by atoms with E-state index in [2.05, 4.69) is 4.72 Å². The Morgan fingerprint density at radius 2 is 1.94 bits per heavy atom. The van der Waals surface area contributed by atoms with Gasteiger partial charge in [-0.05, 0) is 48.9 Å². The Balaban J connectivity index is 1.57. The summed E-state index contributed by atoms with van der Waals surface area (Å²) in [4.78, 5) is 11.8. The van der Waals surface area contributed by atoms with Gasteiger partial charge in [0.2, 0.25) is 0 Å². The van der Waals surface area contributed by atoms with Crippen molar-refractivity contribution in [1.29, 1.82) is 0 Å². The maximum Gasteiger partial charge on any atom is 0.308 e. The third-order valence-corrected chi connectivity index (χ3v) is 7.14. The Hall–Kier alpha value is -2.82. The van der Waals surface area contributed by atoms with E-state index in [0.717, 1.165) is 5.56 Å². The Labute approximate surface area is 186 Å². The molecule has 0 radical (unpaired) electrons. The van der Waals surface area contributed by atoms with Crippen molar-refractivity contribution in [2.24, 2.45) is 0 Å². The summed E-state index contributed by atoms with van der Waals surface area (Å²) in [5.74, 6) is 0.610. The topological polar surface area (TPSA) is 120 Å². The number of esters is 1. The second-order valence-electron chi connectivity index (χ2n) is 7.72. The lowest BCUT2D eigenvalue weighted by Crippen LogP contribution is -2.46. The van der Waals surface area contributed by atoms with E-state index in [1.165, 1.54) is 26.4 Å². The van der Waals surface area contributed by atoms with Crippen molar-refractivity contribution in [2.75, 3.05) is 25.5 Å². The smallest absolute Gasteiger partial charge is 0.308 e. The quantitative estimate of drug-likeness (QED) is 0.599. The second kappa shape index (κ2) is 8.97. The molecule has 10 heteroatoms. The first kappa shape index (κ1) is 22.4. The molecule has 0 bridgehead atoms. The molecule has 0 amide bonds. The highest BCUT2D eigenvalue weighted by Gasteiger charge is 2.46. The van der Waals surface area contributed by atoms with Gasteiger partial charge in [-0.3, -0.25) is 9.52 Å². The molecular formula is C22H25NO8S. The molecule has 4 rings (SSSR count). The summed E-state index contributed by atoms with van der Waals surface area (Å²) in [7, 11) is -0.982. The number of sulfonamides is 1. The van der Waals surface area contributed by atoms with E-state index in [0.29, 0.717) is 23.6 Å². The van der Waals surface area contributed by atoms with Crippen molar-refractivity contribution in [3.8, 4) is 11.5 Å².